The molecule has 7 nitrogen and oxygen atoms in total. The van der Waals surface area contributed by atoms with Gasteiger partial charge in [-0.05, 0) is 35.7 Å². The van der Waals surface area contributed by atoms with Gasteiger partial charge in [0, 0.05) is 18.9 Å². The zero-order valence-corrected chi connectivity index (χ0v) is 14.9. The summed E-state index contributed by atoms with van der Waals surface area (Å²) in [7, 11) is -3.48. The molecule has 3 aromatic rings. The smallest absolute Gasteiger partial charge is 0.234 e. The summed E-state index contributed by atoms with van der Waals surface area (Å²) < 4.78 is 26.8. The first-order valence-electron chi connectivity index (χ1n) is 8.12. The van der Waals surface area contributed by atoms with Crippen LogP contribution in [0.15, 0.2) is 67.0 Å². The molecule has 3 rings (SSSR count). The van der Waals surface area contributed by atoms with Gasteiger partial charge in [-0.25, -0.2) is 8.42 Å². The molecule has 0 saturated carbocycles. The normalized spacial score (nSPS) is 11.1. The highest BCUT2D eigenvalue weighted by molar-refractivity contribution is 7.92. The summed E-state index contributed by atoms with van der Waals surface area (Å²) in [5, 5.41) is 11.0. The number of hydrogen-bond donors (Lipinski definition) is 2. The second kappa shape index (κ2) is 8.39. The largest absolute Gasteiger partial charge is 0.364 e. The highest BCUT2D eigenvalue weighted by atomic mass is 32.2. The van der Waals surface area contributed by atoms with Crippen LogP contribution in [0.5, 0.6) is 0 Å². The Morgan fingerprint density at radius 2 is 1.58 bits per heavy atom. The van der Waals surface area contributed by atoms with Crippen LogP contribution in [-0.2, 0) is 23.0 Å². The van der Waals surface area contributed by atoms with Crippen LogP contribution in [0.4, 0.5) is 11.6 Å². The Labute approximate surface area is 152 Å². The Morgan fingerprint density at radius 3 is 2.27 bits per heavy atom. The van der Waals surface area contributed by atoms with E-state index in [4.69, 9.17) is 0 Å². The molecule has 0 aliphatic heterocycles. The van der Waals surface area contributed by atoms with E-state index < -0.39 is 10.0 Å². The third-order valence-electron chi connectivity index (χ3n) is 3.62. The molecule has 0 radical (unpaired) electrons. The molecular formula is C18H19N5O2S. The zero-order chi connectivity index (χ0) is 18.2. The summed E-state index contributed by atoms with van der Waals surface area (Å²) >= 11 is 0. The van der Waals surface area contributed by atoms with Crippen molar-refractivity contribution in [3.05, 3.63) is 78.1 Å². The molecule has 0 aliphatic carbocycles. The molecule has 134 valence electrons. The molecule has 0 saturated heterocycles. The van der Waals surface area contributed by atoms with Crippen molar-refractivity contribution < 1.29 is 8.42 Å². The lowest BCUT2D eigenvalue weighted by atomic mass is 10.2. The fraction of sp³-hybridized carbons (Fsp3) is 0.167. The average molecular weight is 369 g/mol. The number of aryl methyl sites for hydroxylation is 1. The molecule has 1 aromatic carbocycles. The molecule has 0 aliphatic rings. The lowest BCUT2D eigenvalue weighted by Gasteiger charge is -2.08. The van der Waals surface area contributed by atoms with Crippen molar-refractivity contribution in [3.63, 3.8) is 0 Å². The van der Waals surface area contributed by atoms with E-state index in [-0.39, 0.29) is 11.6 Å². The van der Waals surface area contributed by atoms with Gasteiger partial charge in [0.2, 0.25) is 10.0 Å². The SMILES string of the molecule is O=S(=O)(CCc1ccccc1)Nc1ccc(NCc2cccnc2)nn1. The van der Waals surface area contributed by atoms with Crippen molar-refractivity contribution in [2.45, 2.75) is 13.0 Å². The minimum absolute atomic E-state index is 0.0142. The number of nitrogens with zero attached hydrogens (tertiary/aromatic N) is 3. The van der Waals surface area contributed by atoms with Gasteiger partial charge in [-0.2, -0.15) is 0 Å². The molecule has 0 spiro atoms. The first kappa shape index (κ1) is 17.8. The highest BCUT2D eigenvalue weighted by Crippen LogP contribution is 2.10. The predicted molar refractivity (Wildman–Crippen MR) is 101 cm³/mol. The van der Waals surface area contributed by atoms with E-state index in [1.54, 1.807) is 24.5 Å². The fourth-order valence-corrected chi connectivity index (χ4v) is 3.32. The quantitative estimate of drug-likeness (QED) is 0.633. The summed E-state index contributed by atoms with van der Waals surface area (Å²) in [6.45, 7) is 0.560. The van der Waals surface area contributed by atoms with Gasteiger partial charge < -0.3 is 5.32 Å². The van der Waals surface area contributed by atoms with Crippen LogP contribution in [0.2, 0.25) is 0 Å². The van der Waals surface area contributed by atoms with Crippen LogP contribution in [0, 0.1) is 0 Å². The number of aromatic nitrogens is 3. The minimum Gasteiger partial charge on any atom is -0.364 e. The van der Waals surface area contributed by atoms with Crippen molar-refractivity contribution in [1.82, 2.24) is 15.2 Å². The predicted octanol–water partition coefficient (Wildman–Crippen LogP) is 2.47. The summed E-state index contributed by atoms with van der Waals surface area (Å²) in [4.78, 5) is 4.04. The molecule has 0 unspecified atom stereocenters. The summed E-state index contributed by atoms with van der Waals surface area (Å²) in [5.74, 6) is 0.741. The van der Waals surface area contributed by atoms with E-state index in [1.807, 2.05) is 42.5 Å². The molecule has 8 heteroatoms. The Kier molecular flexibility index (Phi) is 5.75. The summed E-state index contributed by atoms with van der Waals surface area (Å²) in [6, 6.07) is 16.5. The second-order valence-electron chi connectivity index (χ2n) is 5.68. The second-order valence-corrected chi connectivity index (χ2v) is 7.52. The van der Waals surface area contributed by atoms with Gasteiger partial charge in [-0.3, -0.25) is 9.71 Å². The van der Waals surface area contributed by atoms with Crippen LogP contribution >= 0.6 is 0 Å². The van der Waals surface area contributed by atoms with E-state index in [9.17, 15) is 8.42 Å². The van der Waals surface area contributed by atoms with Gasteiger partial charge >= 0.3 is 0 Å². The van der Waals surface area contributed by atoms with E-state index in [0.29, 0.717) is 18.8 Å². The van der Waals surface area contributed by atoms with Crippen molar-refractivity contribution in [3.8, 4) is 0 Å². The lowest BCUT2D eigenvalue weighted by Crippen LogP contribution is -2.19. The van der Waals surface area contributed by atoms with Gasteiger partial charge in [-0.1, -0.05) is 36.4 Å². The maximum atomic E-state index is 12.2. The Hall–Kier alpha value is -3.00. The number of sulfonamides is 1. The molecule has 2 N–H and O–H groups in total. The lowest BCUT2D eigenvalue weighted by molar-refractivity contribution is 0.600. The third-order valence-corrected chi connectivity index (χ3v) is 4.89. The minimum atomic E-state index is -3.48. The van der Waals surface area contributed by atoms with Crippen molar-refractivity contribution in [2.24, 2.45) is 0 Å². The standard InChI is InChI=1S/C18H19N5O2S/c24-26(25,12-10-15-5-2-1-3-6-15)23-18-9-8-17(21-22-18)20-14-16-7-4-11-19-13-16/h1-9,11,13H,10,12,14H2,(H,20,21)(H,22,23). The number of benzene rings is 1. The number of anilines is 2. The summed E-state index contributed by atoms with van der Waals surface area (Å²) in [6.07, 6.45) is 3.91. The molecule has 0 fully saturated rings. The molecule has 2 heterocycles. The van der Waals surface area contributed by atoms with Gasteiger partial charge in [0.05, 0.1) is 5.75 Å². The Morgan fingerprint density at radius 1 is 0.846 bits per heavy atom. The number of rotatable bonds is 8. The van der Waals surface area contributed by atoms with Crippen LogP contribution in [0.25, 0.3) is 0 Å². The van der Waals surface area contributed by atoms with Crippen LogP contribution in [0.3, 0.4) is 0 Å². The number of nitrogens with one attached hydrogen (secondary N) is 2. The van der Waals surface area contributed by atoms with Gasteiger partial charge in [-0.15, -0.1) is 10.2 Å². The van der Waals surface area contributed by atoms with Gasteiger partial charge in [0.1, 0.15) is 5.82 Å². The van der Waals surface area contributed by atoms with Crippen molar-refractivity contribution >= 4 is 21.7 Å². The maximum Gasteiger partial charge on any atom is 0.234 e. The topological polar surface area (TPSA) is 96.9 Å². The molecule has 0 amide bonds. The van der Waals surface area contributed by atoms with Gasteiger partial charge in [0.15, 0.2) is 5.82 Å². The van der Waals surface area contributed by atoms with Crippen LogP contribution < -0.4 is 10.0 Å². The van der Waals surface area contributed by atoms with Crippen molar-refractivity contribution in [2.75, 3.05) is 15.8 Å². The number of hydrogen-bond acceptors (Lipinski definition) is 6. The van der Waals surface area contributed by atoms with Gasteiger partial charge in [0.25, 0.3) is 0 Å². The summed E-state index contributed by atoms with van der Waals surface area (Å²) in [5.41, 5.74) is 1.99. The first-order chi connectivity index (χ1) is 12.6. The highest BCUT2D eigenvalue weighted by Gasteiger charge is 2.12. The monoisotopic (exact) mass is 369 g/mol. The average Bonchev–Trinajstić information content (AvgIpc) is 2.67. The van der Waals surface area contributed by atoms with Crippen LogP contribution in [-0.4, -0.2) is 29.4 Å². The fourth-order valence-electron chi connectivity index (χ4n) is 2.28. The van der Waals surface area contributed by atoms with E-state index in [2.05, 4.69) is 25.2 Å². The Balaban J connectivity index is 1.53. The molecule has 2 aromatic heterocycles. The van der Waals surface area contributed by atoms with E-state index in [0.717, 1.165) is 11.1 Å². The molecule has 0 atom stereocenters. The van der Waals surface area contributed by atoms with E-state index >= 15 is 0 Å². The zero-order valence-electron chi connectivity index (χ0n) is 14.0. The molecule has 26 heavy (non-hydrogen) atoms. The molecular weight excluding hydrogens is 350 g/mol. The van der Waals surface area contributed by atoms with Crippen molar-refractivity contribution in [1.29, 1.82) is 0 Å². The number of pyridine rings is 1. The van der Waals surface area contributed by atoms with E-state index in [1.165, 1.54) is 0 Å². The third kappa shape index (κ3) is 5.52. The Bertz CT molecular complexity index is 917. The molecule has 0 bridgehead atoms. The van der Waals surface area contributed by atoms with Crippen LogP contribution in [0.1, 0.15) is 11.1 Å². The maximum absolute atomic E-state index is 12.2. The first-order valence-corrected chi connectivity index (χ1v) is 9.77.